The molecule has 0 spiro atoms. The van der Waals surface area contributed by atoms with Gasteiger partial charge >= 0.3 is 0 Å². The number of rotatable bonds is 7. The monoisotopic (exact) mass is 476 g/mol. The minimum atomic E-state index is -0.993. The van der Waals surface area contributed by atoms with Crippen molar-refractivity contribution >= 4 is 29.3 Å². The van der Waals surface area contributed by atoms with Gasteiger partial charge in [-0.25, -0.2) is 10.0 Å². The first-order chi connectivity index (χ1) is 16.7. The number of amides is 4. The number of hydrogen-bond acceptors (Lipinski definition) is 4. The number of hydrogen-bond donors (Lipinski definition) is 1. The molecule has 8 nitrogen and oxygen atoms in total. The van der Waals surface area contributed by atoms with Gasteiger partial charge in [0.2, 0.25) is 17.7 Å². The lowest BCUT2D eigenvalue weighted by atomic mass is 9.97. The van der Waals surface area contributed by atoms with E-state index in [1.165, 1.54) is 35.8 Å². The molecule has 2 atom stereocenters. The van der Waals surface area contributed by atoms with E-state index in [9.17, 15) is 19.2 Å². The highest BCUT2D eigenvalue weighted by atomic mass is 16.2. The van der Waals surface area contributed by atoms with E-state index in [0.29, 0.717) is 11.3 Å². The van der Waals surface area contributed by atoms with Gasteiger partial charge in [-0.3, -0.25) is 19.2 Å². The predicted octanol–water partition coefficient (Wildman–Crippen LogP) is 2.82. The molecule has 1 aliphatic heterocycles. The van der Waals surface area contributed by atoms with Crippen LogP contribution in [-0.4, -0.2) is 57.7 Å². The Balaban J connectivity index is 2.23. The molecule has 0 fully saturated rings. The summed E-state index contributed by atoms with van der Waals surface area (Å²) in [6.07, 6.45) is 1.80. The lowest BCUT2D eigenvalue weighted by Gasteiger charge is -2.46. The van der Waals surface area contributed by atoms with Gasteiger partial charge in [0.1, 0.15) is 12.1 Å². The standard InChI is InChI=1S/C27H32N4O4/c1-18(2)25-27(35)31(24(17-29(25)19(3)32)22-14-10-7-11-15-22)30(20(4)33)23(26(34)28-5)16-21-12-8-6-9-13-21/h6-15,17-18,23,25H,16H2,1-5H3,(H,28,34)/t23-,25?/m0/s1. The Morgan fingerprint density at radius 3 is 2.03 bits per heavy atom. The highest BCUT2D eigenvalue weighted by Crippen LogP contribution is 2.33. The van der Waals surface area contributed by atoms with Crippen molar-refractivity contribution in [1.82, 2.24) is 20.2 Å². The summed E-state index contributed by atoms with van der Waals surface area (Å²) in [4.78, 5) is 54.3. The number of benzene rings is 2. The minimum Gasteiger partial charge on any atom is -0.357 e. The van der Waals surface area contributed by atoms with Crippen molar-refractivity contribution in [2.24, 2.45) is 5.92 Å². The van der Waals surface area contributed by atoms with Crippen LogP contribution >= 0.6 is 0 Å². The molecule has 184 valence electrons. The number of likely N-dealkylation sites (N-methyl/N-ethyl adjacent to an activating group) is 1. The highest BCUT2D eigenvalue weighted by molar-refractivity contribution is 5.99. The van der Waals surface area contributed by atoms with Gasteiger partial charge < -0.3 is 10.2 Å². The fourth-order valence-electron chi connectivity index (χ4n) is 4.34. The van der Waals surface area contributed by atoms with E-state index < -0.39 is 29.8 Å². The van der Waals surface area contributed by atoms with E-state index in [1.807, 2.05) is 62.4 Å². The minimum absolute atomic E-state index is 0.203. The van der Waals surface area contributed by atoms with E-state index in [-0.39, 0.29) is 18.2 Å². The first-order valence-electron chi connectivity index (χ1n) is 11.6. The van der Waals surface area contributed by atoms with E-state index in [0.717, 1.165) is 5.56 Å². The molecule has 1 aliphatic rings. The van der Waals surface area contributed by atoms with E-state index in [2.05, 4.69) is 5.32 Å². The zero-order valence-corrected chi connectivity index (χ0v) is 20.8. The number of carbonyl (C=O) groups excluding carboxylic acids is 4. The first-order valence-corrected chi connectivity index (χ1v) is 11.6. The molecular weight excluding hydrogens is 444 g/mol. The van der Waals surface area contributed by atoms with Crippen molar-refractivity contribution in [2.45, 2.75) is 46.2 Å². The van der Waals surface area contributed by atoms with Gasteiger partial charge in [0.25, 0.3) is 5.91 Å². The van der Waals surface area contributed by atoms with Gasteiger partial charge in [0.15, 0.2) is 0 Å². The SMILES string of the molecule is CNC(=O)[C@H](Cc1ccccc1)N(C(C)=O)N1C(=O)C(C(C)C)N(C(C)=O)C=C1c1ccccc1. The quantitative estimate of drug-likeness (QED) is 0.666. The van der Waals surface area contributed by atoms with Gasteiger partial charge in [-0.05, 0) is 11.5 Å². The van der Waals surface area contributed by atoms with Crippen molar-refractivity contribution < 1.29 is 19.2 Å². The normalized spacial score (nSPS) is 16.6. The summed E-state index contributed by atoms with van der Waals surface area (Å²) in [5.41, 5.74) is 1.82. The molecule has 0 aliphatic carbocycles. The third kappa shape index (κ3) is 5.42. The smallest absolute Gasteiger partial charge is 0.269 e. The van der Waals surface area contributed by atoms with Crippen molar-refractivity contribution in [2.75, 3.05) is 7.05 Å². The summed E-state index contributed by atoms with van der Waals surface area (Å²) < 4.78 is 0. The topological polar surface area (TPSA) is 90.0 Å². The molecule has 0 saturated heterocycles. The summed E-state index contributed by atoms with van der Waals surface area (Å²) in [6.45, 7) is 6.42. The summed E-state index contributed by atoms with van der Waals surface area (Å²) in [6, 6.07) is 16.5. The maximum Gasteiger partial charge on any atom is 0.269 e. The zero-order valence-electron chi connectivity index (χ0n) is 20.8. The average Bonchev–Trinajstić information content (AvgIpc) is 2.84. The van der Waals surface area contributed by atoms with Crippen LogP contribution < -0.4 is 5.32 Å². The van der Waals surface area contributed by atoms with Gasteiger partial charge in [-0.2, -0.15) is 0 Å². The molecule has 0 radical (unpaired) electrons. The summed E-state index contributed by atoms with van der Waals surface area (Å²) >= 11 is 0. The molecule has 3 rings (SSSR count). The van der Waals surface area contributed by atoms with Crippen molar-refractivity contribution in [3.8, 4) is 0 Å². The fraction of sp³-hybridized carbons (Fsp3) is 0.333. The Morgan fingerprint density at radius 2 is 1.54 bits per heavy atom. The van der Waals surface area contributed by atoms with Crippen molar-refractivity contribution in [3.63, 3.8) is 0 Å². The van der Waals surface area contributed by atoms with Crippen LogP contribution in [0.4, 0.5) is 0 Å². The molecule has 8 heteroatoms. The van der Waals surface area contributed by atoms with Crippen LogP contribution in [0.15, 0.2) is 66.9 Å². The van der Waals surface area contributed by atoms with Crippen LogP contribution in [0.2, 0.25) is 0 Å². The predicted molar refractivity (Wildman–Crippen MR) is 133 cm³/mol. The molecule has 4 amide bonds. The second-order valence-corrected chi connectivity index (χ2v) is 8.83. The molecule has 1 heterocycles. The van der Waals surface area contributed by atoms with Crippen molar-refractivity contribution in [1.29, 1.82) is 0 Å². The number of carbonyl (C=O) groups is 4. The number of nitrogens with one attached hydrogen (secondary N) is 1. The Kier molecular flexibility index (Phi) is 8.06. The van der Waals surface area contributed by atoms with Crippen LogP contribution in [0.1, 0.15) is 38.8 Å². The third-order valence-electron chi connectivity index (χ3n) is 5.97. The van der Waals surface area contributed by atoms with Gasteiger partial charge in [-0.15, -0.1) is 0 Å². The lowest BCUT2D eigenvalue weighted by Crippen LogP contribution is -2.64. The van der Waals surface area contributed by atoms with Crippen molar-refractivity contribution in [3.05, 3.63) is 78.0 Å². The molecule has 2 aromatic carbocycles. The van der Waals surface area contributed by atoms with Crippen LogP contribution in [0.25, 0.3) is 5.70 Å². The van der Waals surface area contributed by atoms with E-state index in [4.69, 9.17) is 0 Å². The van der Waals surface area contributed by atoms with E-state index in [1.54, 1.807) is 18.3 Å². The molecule has 0 bridgehead atoms. The second kappa shape index (κ2) is 11.0. The molecule has 1 unspecified atom stereocenters. The summed E-state index contributed by atoms with van der Waals surface area (Å²) in [5.74, 6) is -1.84. The maximum atomic E-state index is 14.0. The van der Waals surface area contributed by atoms with Gasteiger partial charge in [0, 0.05) is 39.1 Å². The molecule has 0 aromatic heterocycles. The van der Waals surface area contributed by atoms with Crippen LogP contribution in [0, 0.1) is 5.92 Å². The Morgan fingerprint density at radius 1 is 0.971 bits per heavy atom. The first kappa shape index (κ1) is 25.7. The Hall–Kier alpha value is -3.94. The summed E-state index contributed by atoms with van der Waals surface area (Å²) in [7, 11) is 1.50. The van der Waals surface area contributed by atoms with Crippen LogP contribution in [-0.2, 0) is 25.6 Å². The van der Waals surface area contributed by atoms with Crippen LogP contribution in [0.3, 0.4) is 0 Å². The number of nitrogens with zero attached hydrogens (tertiary/aromatic N) is 3. The van der Waals surface area contributed by atoms with E-state index >= 15 is 0 Å². The average molecular weight is 477 g/mol. The third-order valence-corrected chi connectivity index (χ3v) is 5.97. The van der Waals surface area contributed by atoms with Gasteiger partial charge in [-0.1, -0.05) is 74.5 Å². The Labute approximate surface area is 206 Å². The van der Waals surface area contributed by atoms with Gasteiger partial charge in [0.05, 0.1) is 5.70 Å². The summed E-state index contributed by atoms with van der Waals surface area (Å²) in [5, 5.41) is 5.14. The highest BCUT2D eigenvalue weighted by Gasteiger charge is 2.45. The molecule has 0 saturated carbocycles. The molecule has 35 heavy (non-hydrogen) atoms. The number of hydrazine groups is 1. The lowest BCUT2D eigenvalue weighted by molar-refractivity contribution is -0.169. The maximum absolute atomic E-state index is 14.0. The molecule has 1 N–H and O–H groups in total. The largest absolute Gasteiger partial charge is 0.357 e. The van der Waals surface area contributed by atoms with Crippen LogP contribution in [0.5, 0.6) is 0 Å². The zero-order chi connectivity index (χ0) is 25.7. The fourth-order valence-corrected chi connectivity index (χ4v) is 4.34. The Bertz CT molecular complexity index is 1110. The second-order valence-electron chi connectivity index (χ2n) is 8.83. The molecular formula is C27H32N4O4. The molecule has 2 aromatic rings.